The van der Waals surface area contributed by atoms with Crippen molar-refractivity contribution in [3.8, 4) is 0 Å². The molecule has 104 valence electrons. The van der Waals surface area contributed by atoms with Crippen molar-refractivity contribution in [3.05, 3.63) is 36.5 Å². The molecule has 0 radical (unpaired) electrons. The van der Waals surface area contributed by atoms with Crippen LogP contribution in [-0.4, -0.2) is 43.2 Å². The zero-order valence-corrected chi connectivity index (χ0v) is 11.4. The Labute approximate surface area is 115 Å². The summed E-state index contributed by atoms with van der Waals surface area (Å²) in [7, 11) is 0. The Morgan fingerprint density at radius 1 is 1.26 bits per heavy atom. The van der Waals surface area contributed by atoms with E-state index < -0.39 is 0 Å². The molecule has 0 aliphatic carbocycles. The summed E-state index contributed by atoms with van der Waals surface area (Å²) >= 11 is 0. The van der Waals surface area contributed by atoms with Crippen LogP contribution in [0.5, 0.6) is 0 Å². The summed E-state index contributed by atoms with van der Waals surface area (Å²) in [6.45, 7) is 7.15. The van der Waals surface area contributed by atoms with E-state index in [1.165, 1.54) is 5.57 Å². The fourth-order valence-corrected chi connectivity index (χ4v) is 2.62. The second kappa shape index (κ2) is 7.14. The Morgan fingerprint density at radius 2 is 2.05 bits per heavy atom. The molecule has 0 unspecified atom stereocenters. The van der Waals surface area contributed by atoms with E-state index in [0.717, 1.165) is 38.9 Å². The minimum absolute atomic E-state index is 0.0861. The zero-order chi connectivity index (χ0) is 13.5. The van der Waals surface area contributed by atoms with Gasteiger partial charge < -0.3 is 15.5 Å². The monoisotopic (exact) mass is 261 g/mol. The first-order valence-electron chi connectivity index (χ1n) is 7.03. The number of nitrogens with one attached hydrogen (secondary N) is 2. The lowest BCUT2D eigenvalue weighted by Crippen LogP contribution is -2.49. The van der Waals surface area contributed by atoms with E-state index in [1.54, 1.807) is 6.08 Å². The van der Waals surface area contributed by atoms with E-state index in [-0.39, 0.29) is 6.03 Å². The van der Waals surface area contributed by atoms with Crippen molar-refractivity contribution in [3.63, 3.8) is 0 Å². The first kappa shape index (κ1) is 13.9. The molecule has 19 heavy (non-hydrogen) atoms. The summed E-state index contributed by atoms with van der Waals surface area (Å²) in [4.78, 5) is 14.1. The predicted octanol–water partition coefficient (Wildman–Crippen LogP) is 1.82. The number of amides is 2. The molecule has 0 aromatic rings. The summed E-state index contributed by atoms with van der Waals surface area (Å²) in [5.74, 6) is 0. The van der Waals surface area contributed by atoms with Crippen LogP contribution in [-0.2, 0) is 0 Å². The summed E-state index contributed by atoms with van der Waals surface area (Å²) in [6, 6.07) is 0.479. The summed E-state index contributed by atoms with van der Waals surface area (Å²) in [6.07, 6.45) is 10.8. The van der Waals surface area contributed by atoms with Gasteiger partial charge in [-0.2, -0.15) is 0 Å². The van der Waals surface area contributed by atoms with Gasteiger partial charge in [-0.3, -0.25) is 0 Å². The topological polar surface area (TPSA) is 44.4 Å². The van der Waals surface area contributed by atoms with Crippen LogP contribution in [0.2, 0.25) is 0 Å². The SMILES string of the molecule is C=C/C=C\C=C1\CCN(C2CCNCC2)C(=O)NC1. The van der Waals surface area contributed by atoms with Gasteiger partial charge in [0.25, 0.3) is 0 Å². The zero-order valence-electron chi connectivity index (χ0n) is 11.4. The van der Waals surface area contributed by atoms with E-state index in [9.17, 15) is 4.79 Å². The molecule has 2 saturated heterocycles. The van der Waals surface area contributed by atoms with Gasteiger partial charge in [-0.05, 0) is 37.9 Å². The van der Waals surface area contributed by atoms with Crippen LogP contribution in [0.15, 0.2) is 36.5 Å². The number of carbonyl (C=O) groups excluding carboxylic acids is 1. The fourth-order valence-electron chi connectivity index (χ4n) is 2.62. The Morgan fingerprint density at radius 3 is 2.79 bits per heavy atom. The van der Waals surface area contributed by atoms with Crippen LogP contribution in [0.4, 0.5) is 4.79 Å². The number of rotatable bonds is 3. The number of hydrogen-bond donors (Lipinski definition) is 2. The lowest BCUT2D eigenvalue weighted by molar-refractivity contribution is 0.164. The molecule has 0 bridgehead atoms. The smallest absolute Gasteiger partial charge is 0.317 e. The normalized spacial score (nSPS) is 24.5. The molecule has 0 aromatic carbocycles. The van der Waals surface area contributed by atoms with Gasteiger partial charge in [0.2, 0.25) is 0 Å². The van der Waals surface area contributed by atoms with E-state index in [4.69, 9.17) is 0 Å². The highest BCUT2D eigenvalue weighted by Crippen LogP contribution is 2.16. The standard InChI is InChI=1S/C15H23N3O/c1-2-3-4-5-13-8-11-18(15(19)17-12-13)14-6-9-16-10-7-14/h2-5,14,16H,1,6-12H2,(H,17,19)/b4-3-,13-5-. The molecular weight excluding hydrogens is 238 g/mol. The molecule has 4 heteroatoms. The van der Waals surface area contributed by atoms with Crippen molar-refractivity contribution in [1.82, 2.24) is 15.5 Å². The number of urea groups is 1. The number of hydrogen-bond acceptors (Lipinski definition) is 2. The summed E-state index contributed by atoms with van der Waals surface area (Å²) < 4.78 is 0. The number of piperidine rings is 1. The van der Waals surface area contributed by atoms with Crippen LogP contribution in [0.3, 0.4) is 0 Å². The Hall–Kier alpha value is -1.55. The number of allylic oxidation sites excluding steroid dienone is 4. The molecular formula is C15H23N3O. The quantitative estimate of drug-likeness (QED) is 0.761. The van der Waals surface area contributed by atoms with Crippen molar-refractivity contribution in [2.45, 2.75) is 25.3 Å². The molecule has 0 spiro atoms. The average molecular weight is 261 g/mol. The van der Waals surface area contributed by atoms with E-state index in [2.05, 4.69) is 23.3 Å². The Kier molecular flexibility index (Phi) is 5.21. The minimum atomic E-state index is 0.0861. The fraction of sp³-hybridized carbons (Fsp3) is 0.533. The van der Waals surface area contributed by atoms with Crippen LogP contribution in [0.1, 0.15) is 19.3 Å². The lowest BCUT2D eigenvalue weighted by atomic mass is 10.0. The van der Waals surface area contributed by atoms with Crippen molar-refractivity contribution in [2.75, 3.05) is 26.2 Å². The maximum atomic E-state index is 12.1. The van der Waals surface area contributed by atoms with Gasteiger partial charge in [0.05, 0.1) is 0 Å². The lowest BCUT2D eigenvalue weighted by Gasteiger charge is -2.33. The van der Waals surface area contributed by atoms with Crippen molar-refractivity contribution in [1.29, 1.82) is 0 Å². The highest BCUT2D eigenvalue weighted by Gasteiger charge is 2.26. The molecule has 0 atom stereocenters. The predicted molar refractivity (Wildman–Crippen MR) is 78.0 cm³/mol. The van der Waals surface area contributed by atoms with Crippen LogP contribution in [0, 0.1) is 0 Å². The van der Waals surface area contributed by atoms with E-state index >= 15 is 0 Å². The molecule has 4 nitrogen and oxygen atoms in total. The second-order valence-corrected chi connectivity index (χ2v) is 5.03. The molecule has 2 amide bonds. The van der Waals surface area contributed by atoms with Gasteiger partial charge in [0.15, 0.2) is 0 Å². The third-order valence-corrected chi connectivity index (χ3v) is 3.73. The highest BCUT2D eigenvalue weighted by molar-refractivity contribution is 5.75. The van der Waals surface area contributed by atoms with Gasteiger partial charge in [-0.1, -0.05) is 30.9 Å². The average Bonchev–Trinajstić information content (AvgIpc) is 2.63. The van der Waals surface area contributed by atoms with Crippen molar-refractivity contribution in [2.24, 2.45) is 0 Å². The van der Waals surface area contributed by atoms with Crippen molar-refractivity contribution < 1.29 is 4.79 Å². The Balaban J connectivity index is 1.96. The Bertz CT molecular complexity index is 381. The molecule has 2 fully saturated rings. The molecule has 2 aliphatic heterocycles. The third kappa shape index (κ3) is 3.96. The highest BCUT2D eigenvalue weighted by atomic mass is 16.2. The molecule has 2 rings (SSSR count). The first-order chi connectivity index (χ1) is 9.31. The molecule has 2 N–H and O–H groups in total. The van der Waals surface area contributed by atoms with Gasteiger partial charge in [-0.25, -0.2) is 4.79 Å². The van der Waals surface area contributed by atoms with Crippen LogP contribution in [0.25, 0.3) is 0 Å². The molecule has 0 aromatic heterocycles. The van der Waals surface area contributed by atoms with Crippen LogP contribution < -0.4 is 10.6 Å². The van der Waals surface area contributed by atoms with Crippen LogP contribution >= 0.6 is 0 Å². The van der Waals surface area contributed by atoms with Gasteiger partial charge in [0.1, 0.15) is 0 Å². The van der Waals surface area contributed by atoms with Gasteiger partial charge in [-0.15, -0.1) is 0 Å². The summed E-state index contributed by atoms with van der Waals surface area (Å²) in [5.41, 5.74) is 1.27. The van der Waals surface area contributed by atoms with Gasteiger partial charge >= 0.3 is 6.03 Å². The molecule has 2 heterocycles. The second-order valence-electron chi connectivity index (χ2n) is 5.03. The largest absolute Gasteiger partial charge is 0.334 e. The minimum Gasteiger partial charge on any atom is -0.334 e. The maximum absolute atomic E-state index is 12.1. The van der Waals surface area contributed by atoms with Crippen molar-refractivity contribution >= 4 is 6.03 Å². The maximum Gasteiger partial charge on any atom is 0.317 e. The van der Waals surface area contributed by atoms with E-state index in [1.807, 2.05) is 17.1 Å². The summed E-state index contributed by atoms with van der Waals surface area (Å²) in [5, 5.41) is 6.35. The third-order valence-electron chi connectivity index (χ3n) is 3.73. The van der Waals surface area contributed by atoms with E-state index in [0.29, 0.717) is 12.6 Å². The molecule has 2 aliphatic rings. The number of carbonyl (C=O) groups is 1. The first-order valence-corrected chi connectivity index (χ1v) is 7.03. The molecule has 0 saturated carbocycles. The number of nitrogens with zero attached hydrogens (tertiary/aromatic N) is 1. The van der Waals surface area contributed by atoms with Gasteiger partial charge in [0, 0.05) is 19.1 Å².